The van der Waals surface area contributed by atoms with E-state index in [0.29, 0.717) is 12.6 Å². The second-order valence-electron chi connectivity index (χ2n) is 3.70. The van der Waals surface area contributed by atoms with E-state index in [9.17, 15) is 22.9 Å². The van der Waals surface area contributed by atoms with E-state index < -0.39 is 26.5 Å². The van der Waals surface area contributed by atoms with Crippen LogP contribution in [0.15, 0.2) is 18.2 Å². The Balaban J connectivity index is 2.79. The van der Waals surface area contributed by atoms with Crippen molar-refractivity contribution in [2.75, 3.05) is 23.6 Å². The van der Waals surface area contributed by atoms with E-state index in [0.717, 1.165) is 12.1 Å². The van der Waals surface area contributed by atoms with Gasteiger partial charge in [-0.2, -0.15) is 0 Å². The van der Waals surface area contributed by atoms with Crippen molar-refractivity contribution in [1.29, 1.82) is 0 Å². The van der Waals surface area contributed by atoms with E-state index in [1.54, 1.807) is 0 Å². The van der Waals surface area contributed by atoms with E-state index in [-0.39, 0.29) is 18.0 Å². The molecular weight excluding hydrogens is 277 g/mol. The monoisotopic (exact) mass is 291 g/mol. The topological polar surface area (TPSA) is 101 Å². The Morgan fingerprint density at radius 3 is 2.63 bits per heavy atom. The fourth-order valence-corrected chi connectivity index (χ4v) is 2.32. The van der Waals surface area contributed by atoms with Gasteiger partial charge in [0, 0.05) is 12.6 Å². The molecule has 0 radical (unpaired) electrons. The summed E-state index contributed by atoms with van der Waals surface area (Å²) in [5.41, 5.74) is -0.741. The van der Waals surface area contributed by atoms with Gasteiger partial charge >= 0.3 is 0 Å². The molecule has 1 rings (SSSR count). The molecule has 0 spiro atoms. The minimum Gasteiger partial charge on any atom is -0.316 e. The first-order chi connectivity index (χ1) is 8.85. The third-order valence-electron chi connectivity index (χ3n) is 2.23. The minimum atomic E-state index is -3.68. The zero-order chi connectivity index (χ0) is 14.5. The Labute approximate surface area is 110 Å². The molecule has 9 heteroatoms. The summed E-state index contributed by atoms with van der Waals surface area (Å²) in [4.78, 5) is 9.66. The Morgan fingerprint density at radius 1 is 1.42 bits per heavy atom. The number of nitrogens with one attached hydrogen (secondary N) is 2. The summed E-state index contributed by atoms with van der Waals surface area (Å²) in [5, 5.41) is 13.2. The van der Waals surface area contributed by atoms with Crippen LogP contribution in [-0.2, 0) is 10.0 Å². The van der Waals surface area contributed by atoms with Crippen molar-refractivity contribution >= 4 is 21.4 Å². The Hall–Kier alpha value is -1.74. The van der Waals surface area contributed by atoms with Crippen LogP contribution in [0.2, 0.25) is 0 Å². The molecule has 1 aromatic rings. The quantitative estimate of drug-likeness (QED) is 0.445. The number of anilines is 1. The molecule has 0 atom stereocenters. The van der Waals surface area contributed by atoms with Crippen molar-refractivity contribution in [1.82, 2.24) is 5.32 Å². The molecule has 0 bridgehead atoms. The molecule has 0 heterocycles. The maximum Gasteiger partial charge on any atom is 0.272 e. The SMILES string of the molecule is CCNCCS(=O)(=O)Nc1ccc([N+](=O)[O-])cc1F. The summed E-state index contributed by atoms with van der Waals surface area (Å²) in [6.07, 6.45) is 0. The number of nitro groups is 1. The molecule has 0 aliphatic rings. The van der Waals surface area contributed by atoms with Gasteiger partial charge in [0.25, 0.3) is 5.69 Å². The first-order valence-corrected chi connectivity index (χ1v) is 7.16. The van der Waals surface area contributed by atoms with Crippen LogP contribution in [0.1, 0.15) is 6.92 Å². The molecule has 0 saturated carbocycles. The van der Waals surface area contributed by atoms with E-state index in [2.05, 4.69) is 5.32 Å². The van der Waals surface area contributed by atoms with Crippen LogP contribution in [0.25, 0.3) is 0 Å². The molecule has 0 aliphatic carbocycles. The lowest BCUT2D eigenvalue weighted by molar-refractivity contribution is -0.385. The van der Waals surface area contributed by atoms with Gasteiger partial charge in [0.15, 0.2) is 5.82 Å². The molecule has 0 aromatic heterocycles. The molecule has 1 aromatic carbocycles. The zero-order valence-corrected chi connectivity index (χ0v) is 11.0. The number of rotatable bonds is 7. The lowest BCUT2D eigenvalue weighted by Crippen LogP contribution is -2.26. The summed E-state index contributed by atoms with van der Waals surface area (Å²) in [7, 11) is -3.68. The van der Waals surface area contributed by atoms with Gasteiger partial charge in [-0.25, -0.2) is 12.8 Å². The van der Waals surface area contributed by atoms with Gasteiger partial charge in [-0.05, 0) is 12.6 Å². The van der Waals surface area contributed by atoms with Gasteiger partial charge in [0.05, 0.1) is 22.4 Å². The molecular formula is C10H14FN3O4S. The van der Waals surface area contributed by atoms with Crippen molar-refractivity contribution in [3.63, 3.8) is 0 Å². The molecule has 0 saturated heterocycles. The first-order valence-electron chi connectivity index (χ1n) is 5.51. The predicted molar refractivity (Wildman–Crippen MR) is 69.0 cm³/mol. The van der Waals surface area contributed by atoms with Crippen LogP contribution in [0, 0.1) is 15.9 Å². The lowest BCUT2D eigenvalue weighted by Gasteiger charge is -2.08. The number of nitrogens with zero attached hydrogens (tertiary/aromatic N) is 1. The van der Waals surface area contributed by atoms with Crippen molar-refractivity contribution in [3.05, 3.63) is 34.1 Å². The number of sulfonamides is 1. The summed E-state index contributed by atoms with van der Waals surface area (Å²) in [6, 6.07) is 2.73. The normalized spacial score (nSPS) is 11.3. The molecule has 19 heavy (non-hydrogen) atoms. The average Bonchev–Trinajstić information content (AvgIpc) is 2.31. The summed E-state index contributed by atoms with van der Waals surface area (Å²) >= 11 is 0. The van der Waals surface area contributed by atoms with Crippen LogP contribution in [0.5, 0.6) is 0 Å². The molecule has 0 unspecified atom stereocenters. The summed E-state index contributed by atoms with van der Waals surface area (Å²) in [5.74, 6) is -1.20. The maximum atomic E-state index is 13.5. The molecule has 106 valence electrons. The predicted octanol–water partition coefficient (Wildman–Crippen LogP) is 1.09. The third-order valence-corrected chi connectivity index (χ3v) is 3.50. The van der Waals surface area contributed by atoms with Gasteiger partial charge in [-0.15, -0.1) is 0 Å². The van der Waals surface area contributed by atoms with Crippen LogP contribution in [-0.4, -0.2) is 32.2 Å². The van der Waals surface area contributed by atoms with E-state index >= 15 is 0 Å². The second-order valence-corrected chi connectivity index (χ2v) is 5.54. The molecule has 7 nitrogen and oxygen atoms in total. The van der Waals surface area contributed by atoms with Crippen LogP contribution < -0.4 is 10.0 Å². The minimum absolute atomic E-state index is 0.211. The van der Waals surface area contributed by atoms with Crippen molar-refractivity contribution < 1.29 is 17.7 Å². The fraction of sp³-hybridized carbons (Fsp3) is 0.400. The van der Waals surface area contributed by atoms with Crippen molar-refractivity contribution in [2.24, 2.45) is 0 Å². The summed E-state index contributed by atoms with van der Waals surface area (Å²) in [6.45, 7) is 2.69. The number of non-ortho nitro benzene ring substituents is 1. The Bertz CT molecular complexity index is 562. The fourth-order valence-electron chi connectivity index (χ4n) is 1.30. The highest BCUT2D eigenvalue weighted by molar-refractivity contribution is 7.92. The van der Waals surface area contributed by atoms with Crippen LogP contribution in [0.4, 0.5) is 15.8 Å². The zero-order valence-electron chi connectivity index (χ0n) is 10.2. The largest absolute Gasteiger partial charge is 0.316 e. The first kappa shape index (κ1) is 15.3. The van der Waals surface area contributed by atoms with E-state index in [1.165, 1.54) is 0 Å². The van der Waals surface area contributed by atoms with E-state index in [1.807, 2.05) is 11.6 Å². The van der Waals surface area contributed by atoms with Gasteiger partial charge in [0.2, 0.25) is 10.0 Å². The number of halogens is 1. The average molecular weight is 291 g/mol. The highest BCUT2D eigenvalue weighted by Crippen LogP contribution is 2.21. The number of hydrogen-bond acceptors (Lipinski definition) is 5. The Morgan fingerprint density at radius 2 is 2.11 bits per heavy atom. The molecule has 0 fully saturated rings. The van der Waals surface area contributed by atoms with E-state index in [4.69, 9.17) is 0 Å². The van der Waals surface area contributed by atoms with Crippen LogP contribution in [0.3, 0.4) is 0 Å². The number of nitro benzene ring substituents is 1. The standard InChI is InChI=1S/C10H14FN3O4S/c1-2-12-5-6-19(17,18)13-10-4-3-8(14(15)16)7-9(10)11/h3-4,7,12-13H,2,5-6H2,1H3. The Kier molecular flexibility index (Phi) is 5.19. The van der Waals surface area contributed by atoms with Crippen molar-refractivity contribution in [3.8, 4) is 0 Å². The smallest absolute Gasteiger partial charge is 0.272 e. The summed E-state index contributed by atoms with van der Waals surface area (Å²) < 4.78 is 38.7. The molecule has 0 amide bonds. The third kappa shape index (κ3) is 4.79. The van der Waals surface area contributed by atoms with Crippen LogP contribution >= 0.6 is 0 Å². The molecule has 2 N–H and O–H groups in total. The maximum absolute atomic E-state index is 13.5. The number of benzene rings is 1. The number of hydrogen-bond donors (Lipinski definition) is 2. The van der Waals surface area contributed by atoms with Gasteiger partial charge in [-0.3, -0.25) is 14.8 Å². The highest BCUT2D eigenvalue weighted by atomic mass is 32.2. The lowest BCUT2D eigenvalue weighted by atomic mass is 10.3. The van der Waals surface area contributed by atoms with Gasteiger partial charge in [-0.1, -0.05) is 6.92 Å². The molecule has 0 aliphatic heterocycles. The van der Waals surface area contributed by atoms with Crippen molar-refractivity contribution in [2.45, 2.75) is 6.92 Å². The van der Waals surface area contributed by atoms with Gasteiger partial charge in [0.1, 0.15) is 0 Å². The van der Waals surface area contributed by atoms with Gasteiger partial charge < -0.3 is 5.32 Å². The second kappa shape index (κ2) is 6.43. The highest BCUT2D eigenvalue weighted by Gasteiger charge is 2.15.